The molecule has 0 aliphatic carbocycles. The Bertz CT molecular complexity index is 522. The van der Waals surface area contributed by atoms with E-state index in [-0.39, 0.29) is 17.5 Å². The highest BCUT2D eigenvalue weighted by Gasteiger charge is 2.18. The topological polar surface area (TPSA) is 64.9 Å². The largest absolute Gasteiger partial charge is 0.334 e. The predicted octanol–water partition coefficient (Wildman–Crippen LogP) is 2.29. The van der Waals surface area contributed by atoms with Crippen molar-refractivity contribution in [3.63, 3.8) is 0 Å². The zero-order valence-electron chi connectivity index (χ0n) is 9.86. The van der Waals surface area contributed by atoms with Gasteiger partial charge in [0.25, 0.3) is 5.89 Å². The summed E-state index contributed by atoms with van der Waals surface area (Å²) in [5.41, 5.74) is 5.44. The molecule has 0 saturated heterocycles. The minimum Gasteiger partial charge on any atom is -0.334 e. The molecule has 0 amide bonds. The summed E-state index contributed by atoms with van der Waals surface area (Å²) in [5, 5.41) is 3.66. The first-order valence-corrected chi connectivity index (χ1v) is 5.64. The van der Waals surface area contributed by atoms with Gasteiger partial charge in [0.15, 0.2) is 5.82 Å². The van der Waals surface area contributed by atoms with E-state index in [4.69, 9.17) is 10.3 Å². The van der Waals surface area contributed by atoms with Crippen LogP contribution < -0.4 is 5.73 Å². The van der Waals surface area contributed by atoms with Crippen molar-refractivity contribution in [3.8, 4) is 11.5 Å². The lowest BCUT2D eigenvalue weighted by Crippen LogP contribution is -2.21. The zero-order valence-corrected chi connectivity index (χ0v) is 9.86. The average Bonchev–Trinajstić information content (AvgIpc) is 2.77. The zero-order chi connectivity index (χ0) is 13.1. The van der Waals surface area contributed by atoms with Crippen molar-refractivity contribution in [1.29, 1.82) is 0 Å². The quantitative estimate of drug-likeness (QED) is 0.907. The second-order valence-corrected chi connectivity index (χ2v) is 3.98. The Morgan fingerprint density at radius 2 is 2.00 bits per heavy atom. The summed E-state index contributed by atoms with van der Waals surface area (Å²) < 4.78 is 31.8. The summed E-state index contributed by atoms with van der Waals surface area (Å²) in [4.78, 5) is 3.95. The summed E-state index contributed by atoms with van der Waals surface area (Å²) in [6.45, 7) is 1.93. The van der Waals surface area contributed by atoms with Crippen LogP contribution in [0, 0.1) is 11.6 Å². The van der Waals surface area contributed by atoms with Crippen molar-refractivity contribution in [3.05, 3.63) is 35.7 Å². The van der Waals surface area contributed by atoms with Crippen LogP contribution in [0.2, 0.25) is 0 Å². The Hall–Kier alpha value is -1.82. The van der Waals surface area contributed by atoms with Crippen LogP contribution in [0.5, 0.6) is 0 Å². The standard InChI is InChI=1S/C12H13F2N3O/c1-2-7(15)6-10-16-12(18-17-10)11-8(13)4-3-5-9(11)14/h3-5,7H,2,6,15H2,1H3. The molecule has 0 fully saturated rings. The molecule has 1 unspecified atom stereocenters. The van der Waals surface area contributed by atoms with Crippen molar-refractivity contribution >= 4 is 0 Å². The maximum Gasteiger partial charge on any atom is 0.263 e. The molecule has 1 atom stereocenters. The van der Waals surface area contributed by atoms with Crippen molar-refractivity contribution in [2.75, 3.05) is 0 Å². The molecule has 0 saturated carbocycles. The molecule has 0 aliphatic rings. The van der Waals surface area contributed by atoms with E-state index in [2.05, 4.69) is 10.1 Å². The number of halogens is 2. The van der Waals surface area contributed by atoms with Crippen LogP contribution in [0.25, 0.3) is 11.5 Å². The van der Waals surface area contributed by atoms with Gasteiger partial charge in [0.2, 0.25) is 0 Å². The van der Waals surface area contributed by atoms with E-state index in [0.29, 0.717) is 12.2 Å². The highest BCUT2D eigenvalue weighted by molar-refractivity contribution is 5.54. The number of nitrogens with zero attached hydrogens (tertiary/aromatic N) is 2. The van der Waals surface area contributed by atoms with Gasteiger partial charge in [-0.25, -0.2) is 8.78 Å². The van der Waals surface area contributed by atoms with Crippen LogP contribution in [-0.4, -0.2) is 16.2 Å². The molecule has 0 bridgehead atoms. The maximum absolute atomic E-state index is 13.5. The predicted molar refractivity (Wildman–Crippen MR) is 61.6 cm³/mol. The highest BCUT2D eigenvalue weighted by atomic mass is 19.1. The van der Waals surface area contributed by atoms with Gasteiger partial charge < -0.3 is 10.3 Å². The van der Waals surface area contributed by atoms with Gasteiger partial charge in [-0.2, -0.15) is 4.98 Å². The van der Waals surface area contributed by atoms with Crippen molar-refractivity contribution in [2.45, 2.75) is 25.8 Å². The van der Waals surface area contributed by atoms with Crippen LogP contribution in [0.3, 0.4) is 0 Å². The van der Waals surface area contributed by atoms with Gasteiger partial charge in [-0.15, -0.1) is 0 Å². The molecule has 18 heavy (non-hydrogen) atoms. The Labute approximate surface area is 103 Å². The Kier molecular flexibility index (Phi) is 3.66. The number of hydrogen-bond acceptors (Lipinski definition) is 4. The van der Waals surface area contributed by atoms with E-state index in [1.165, 1.54) is 6.07 Å². The first-order valence-electron chi connectivity index (χ1n) is 5.64. The number of benzene rings is 1. The smallest absolute Gasteiger partial charge is 0.263 e. The van der Waals surface area contributed by atoms with E-state index in [9.17, 15) is 8.78 Å². The third-order valence-electron chi connectivity index (χ3n) is 2.61. The molecule has 1 heterocycles. The van der Waals surface area contributed by atoms with Gasteiger partial charge in [0.1, 0.15) is 17.2 Å². The third-order valence-corrected chi connectivity index (χ3v) is 2.61. The summed E-state index contributed by atoms with van der Waals surface area (Å²) in [7, 11) is 0. The molecule has 1 aromatic heterocycles. The number of nitrogens with two attached hydrogens (primary N) is 1. The van der Waals surface area contributed by atoms with Crippen LogP contribution in [0.1, 0.15) is 19.2 Å². The first kappa shape index (κ1) is 12.6. The SMILES string of the molecule is CCC(N)Cc1noc(-c2c(F)cccc2F)n1. The summed E-state index contributed by atoms with van der Waals surface area (Å²) in [6.07, 6.45) is 1.17. The van der Waals surface area contributed by atoms with Crippen LogP contribution >= 0.6 is 0 Å². The van der Waals surface area contributed by atoms with Crippen LogP contribution in [0.4, 0.5) is 8.78 Å². The summed E-state index contributed by atoms with van der Waals surface area (Å²) in [5.74, 6) is -1.28. The fourth-order valence-electron chi connectivity index (χ4n) is 1.52. The second-order valence-electron chi connectivity index (χ2n) is 3.98. The average molecular weight is 253 g/mol. The van der Waals surface area contributed by atoms with Gasteiger partial charge in [0, 0.05) is 12.5 Å². The Balaban J connectivity index is 2.30. The van der Waals surface area contributed by atoms with E-state index >= 15 is 0 Å². The monoisotopic (exact) mass is 253 g/mol. The van der Waals surface area contributed by atoms with E-state index < -0.39 is 11.6 Å². The molecule has 0 aliphatic heterocycles. The number of hydrogen-bond donors (Lipinski definition) is 1. The minimum absolute atomic E-state index is 0.0964. The Morgan fingerprint density at radius 3 is 2.61 bits per heavy atom. The van der Waals surface area contributed by atoms with Crippen LogP contribution in [-0.2, 0) is 6.42 Å². The van der Waals surface area contributed by atoms with Crippen molar-refractivity contribution < 1.29 is 13.3 Å². The molecule has 2 N–H and O–H groups in total. The number of rotatable bonds is 4. The fourth-order valence-corrected chi connectivity index (χ4v) is 1.52. The lowest BCUT2D eigenvalue weighted by molar-refractivity contribution is 0.414. The second kappa shape index (κ2) is 5.22. The van der Waals surface area contributed by atoms with Crippen LogP contribution in [0.15, 0.2) is 22.7 Å². The third kappa shape index (κ3) is 2.53. The van der Waals surface area contributed by atoms with Gasteiger partial charge in [-0.05, 0) is 18.6 Å². The van der Waals surface area contributed by atoms with Crippen molar-refractivity contribution in [2.24, 2.45) is 5.73 Å². The molecule has 2 aromatic rings. The molecule has 0 radical (unpaired) electrons. The number of aromatic nitrogens is 2. The molecular weight excluding hydrogens is 240 g/mol. The first-order chi connectivity index (χ1) is 8.61. The fraction of sp³-hybridized carbons (Fsp3) is 0.333. The lowest BCUT2D eigenvalue weighted by Gasteiger charge is -2.02. The van der Waals surface area contributed by atoms with E-state index in [1.807, 2.05) is 6.92 Å². The molecule has 1 aromatic carbocycles. The molecular formula is C12H13F2N3O. The van der Waals surface area contributed by atoms with E-state index in [1.54, 1.807) is 0 Å². The normalized spacial score (nSPS) is 12.7. The summed E-state index contributed by atoms with van der Waals surface area (Å²) in [6, 6.07) is 3.46. The molecule has 2 rings (SSSR count). The molecule has 4 nitrogen and oxygen atoms in total. The molecule has 0 spiro atoms. The van der Waals surface area contributed by atoms with Gasteiger partial charge in [-0.3, -0.25) is 0 Å². The van der Waals surface area contributed by atoms with Crippen molar-refractivity contribution in [1.82, 2.24) is 10.1 Å². The molecule has 96 valence electrons. The van der Waals surface area contributed by atoms with E-state index in [0.717, 1.165) is 18.6 Å². The van der Waals surface area contributed by atoms with Gasteiger partial charge in [-0.1, -0.05) is 18.1 Å². The summed E-state index contributed by atoms with van der Waals surface area (Å²) >= 11 is 0. The maximum atomic E-state index is 13.5. The lowest BCUT2D eigenvalue weighted by atomic mass is 10.1. The van der Waals surface area contributed by atoms with Gasteiger partial charge >= 0.3 is 0 Å². The highest BCUT2D eigenvalue weighted by Crippen LogP contribution is 2.24. The minimum atomic E-state index is -0.731. The molecule has 6 heteroatoms. The Morgan fingerprint density at radius 1 is 1.33 bits per heavy atom. The van der Waals surface area contributed by atoms with Gasteiger partial charge in [0.05, 0.1) is 0 Å².